The molecule has 4 aromatic rings. The molecule has 0 unspecified atom stereocenters. The third kappa shape index (κ3) is 2.57. The van der Waals surface area contributed by atoms with Gasteiger partial charge in [0, 0.05) is 16.9 Å². The van der Waals surface area contributed by atoms with Gasteiger partial charge < -0.3 is 16.5 Å². The molecule has 0 atom stereocenters. The van der Waals surface area contributed by atoms with E-state index >= 15 is 0 Å². The first-order chi connectivity index (χ1) is 15.2. The second-order valence-corrected chi connectivity index (χ2v) is 8.81. The Morgan fingerprint density at radius 3 is 1.84 bits per heavy atom. The first-order valence-electron chi connectivity index (χ1n) is 10.7. The normalized spacial score (nSPS) is 13.6. The summed E-state index contributed by atoms with van der Waals surface area (Å²) in [6.45, 7) is 8.08. The molecule has 0 radical (unpaired) electrons. The van der Waals surface area contributed by atoms with E-state index in [9.17, 15) is 4.79 Å². The number of nitrogen functional groups attached to an aromatic ring is 2. The van der Waals surface area contributed by atoms with Crippen molar-refractivity contribution < 1.29 is 0 Å². The van der Waals surface area contributed by atoms with Crippen molar-refractivity contribution in [1.82, 2.24) is 9.97 Å². The van der Waals surface area contributed by atoms with Crippen LogP contribution in [0.25, 0.3) is 11.3 Å². The number of nitrogens with zero attached hydrogens (tertiary/aromatic N) is 1. The van der Waals surface area contributed by atoms with Gasteiger partial charge in [0.25, 0.3) is 5.56 Å². The molecule has 5 heteroatoms. The number of rotatable bonds is 2. The SMILES string of the molecule is Cc1cc(C2(c3cc(C)c(N)c(C)c3)c3ccccc3-c3ncc(=O)[nH]c32)cc(C)c1N. The van der Waals surface area contributed by atoms with Crippen molar-refractivity contribution >= 4 is 11.4 Å². The zero-order valence-corrected chi connectivity index (χ0v) is 18.7. The monoisotopic (exact) mass is 422 g/mol. The highest BCUT2D eigenvalue weighted by atomic mass is 16.1. The number of aromatic nitrogens is 2. The lowest BCUT2D eigenvalue weighted by Crippen LogP contribution is -2.32. The maximum absolute atomic E-state index is 12.5. The largest absolute Gasteiger partial charge is 0.398 e. The first kappa shape index (κ1) is 20.1. The van der Waals surface area contributed by atoms with Crippen molar-refractivity contribution in [2.24, 2.45) is 0 Å². The highest BCUT2D eigenvalue weighted by Crippen LogP contribution is 2.55. The number of hydrogen-bond donors (Lipinski definition) is 3. The molecule has 0 amide bonds. The number of hydrogen-bond acceptors (Lipinski definition) is 4. The molecule has 5 rings (SSSR count). The van der Waals surface area contributed by atoms with Crippen molar-refractivity contribution in [3.8, 4) is 11.3 Å². The van der Waals surface area contributed by atoms with Crippen molar-refractivity contribution in [2.45, 2.75) is 33.1 Å². The molecule has 0 spiro atoms. The minimum Gasteiger partial charge on any atom is -0.398 e. The molecule has 0 bridgehead atoms. The lowest BCUT2D eigenvalue weighted by molar-refractivity contribution is 0.727. The van der Waals surface area contributed by atoms with Crippen molar-refractivity contribution in [2.75, 3.05) is 11.5 Å². The molecule has 160 valence electrons. The zero-order valence-electron chi connectivity index (χ0n) is 18.7. The summed E-state index contributed by atoms with van der Waals surface area (Å²) >= 11 is 0. The molecule has 3 aromatic carbocycles. The fraction of sp³-hybridized carbons (Fsp3) is 0.185. The van der Waals surface area contributed by atoms with Crippen LogP contribution in [-0.4, -0.2) is 9.97 Å². The fourth-order valence-electron chi connectivity index (χ4n) is 5.18. The van der Waals surface area contributed by atoms with Gasteiger partial charge in [-0.2, -0.15) is 0 Å². The van der Waals surface area contributed by atoms with E-state index in [0.717, 1.165) is 67.3 Å². The summed E-state index contributed by atoms with van der Waals surface area (Å²) in [5, 5.41) is 0. The van der Waals surface area contributed by atoms with Gasteiger partial charge >= 0.3 is 0 Å². The number of aryl methyl sites for hydroxylation is 4. The van der Waals surface area contributed by atoms with Gasteiger partial charge in [0.1, 0.15) is 0 Å². The zero-order chi connectivity index (χ0) is 22.8. The van der Waals surface area contributed by atoms with E-state index in [4.69, 9.17) is 11.5 Å². The van der Waals surface area contributed by atoms with Crippen LogP contribution in [0.3, 0.4) is 0 Å². The molecule has 0 saturated heterocycles. The van der Waals surface area contributed by atoms with Crippen molar-refractivity contribution in [1.29, 1.82) is 0 Å². The summed E-state index contributed by atoms with van der Waals surface area (Å²) in [5.41, 5.74) is 23.0. The highest BCUT2D eigenvalue weighted by molar-refractivity contribution is 5.83. The number of H-pyrrole nitrogens is 1. The summed E-state index contributed by atoms with van der Waals surface area (Å²) in [6, 6.07) is 16.7. The Kier molecular flexibility index (Phi) is 4.28. The molecule has 0 saturated carbocycles. The molecule has 1 aliphatic carbocycles. The summed E-state index contributed by atoms with van der Waals surface area (Å²) in [5.74, 6) is 0. The predicted octanol–water partition coefficient (Wildman–Crippen LogP) is 4.53. The van der Waals surface area contributed by atoms with Crippen LogP contribution in [0.15, 0.2) is 59.5 Å². The maximum Gasteiger partial charge on any atom is 0.266 e. The Hall–Kier alpha value is -3.86. The first-order valence-corrected chi connectivity index (χ1v) is 10.7. The molecule has 1 heterocycles. The second kappa shape index (κ2) is 6.82. The second-order valence-electron chi connectivity index (χ2n) is 8.81. The maximum atomic E-state index is 12.5. The number of benzene rings is 3. The van der Waals surface area contributed by atoms with Crippen LogP contribution in [0.5, 0.6) is 0 Å². The van der Waals surface area contributed by atoms with E-state index in [-0.39, 0.29) is 5.56 Å². The van der Waals surface area contributed by atoms with Crippen molar-refractivity contribution in [3.05, 3.63) is 110 Å². The van der Waals surface area contributed by atoms with Crippen LogP contribution in [-0.2, 0) is 5.41 Å². The van der Waals surface area contributed by atoms with E-state index in [1.54, 1.807) is 0 Å². The summed E-state index contributed by atoms with van der Waals surface area (Å²) in [4.78, 5) is 20.3. The van der Waals surface area contributed by atoms with E-state index in [2.05, 4.69) is 46.4 Å². The molecule has 1 aromatic heterocycles. The van der Waals surface area contributed by atoms with Gasteiger partial charge in [-0.05, 0) is 66.6 Å². The standard InChI is InChI=1S/C27H26N4O/c1-14-9-18(10-15(2)23(14)28)27(19-11-16(3)24(29)17(4)12-19)21-8-6-5-7-20(21)25-26(27)31-22(32)13-30-25/h5-13H,28-29H2,1-4H3,(H,31,32). The van der Waals surface area contributed by atoms with Crippen LogP contribution >= 0.6 is 0 Å². The Labute approximate surface area is 187 Å². The molecule has 32 heavy (non-hydrogen) atoms. The van der Waals surface area contributed by atoms with E-state index in [1.807, 2.05) is 39.8 Å². The predicted molar refractivity (Wildman–Crippen MR) is 130 cm³/mol. The number of anilines is 2. The molecule has 0 aliphatic heterocycles. The van der Waals surface area contributed by atoms with Crippen LogP contribution in [0.4, 0.5) is 11.4 Å². The molecule has 1 aliphatic rings. The van der Waals surface area contributed by atoms with Crippen LogP contribution in [0, 0.1) is 27.7 Å². The van der Waals surface area contributed by atoms with Gasteiger partial charge in [0.2, 0.25) is 0 Å². The minimum absolute atomic E-state index is 0.228. The fourth-order valence-corrected chi connectivity index (χ4v) is 5.18. The third-order valence-electron chi connectivity index (χ3n) is 6.81. The molecule has 0 fully saturated rings. The van der Waals surface area contributed by atoms with Gasteiger partial charge in [-0.15, -0.1) is 0 Å². The molecular weight excluding hydrogens is 396 g/mol. The van der Waals surface area contributed by atoms with Crippen LogP contribution < -0.4 is 17.0 Å². The van der Waals surface area contributed by atoms with E-state index in [0.29, 0.717) is 0 Å². The number of fused-ring (bicyclic) bond motifs is 3. The molecule has 5 nitrogen and oxygen atoms in total. The number of nitrogens with two attached hydrogens (primary N) is 2. The average molecular weight is 423 g/mol. The Balaban J connectivity index is 2.03. The Morgan fingerprint density at radius 1 is 0.812 bits per heavy atom. The molecule has 5 N–H and O–H groups in total. The average Bonchev–Trinajstić information content (AvgIpc) is 3.05. The van der Waals surface area contributed by atoms with Gasteiger partial charge in [-0.1, -0.05) is 48.5 Å². The van der Waals surface area contributed by atoms with E-state index < -0.39 is 5.41 Å². The highest BCUT2D eigenvalue weighted by Gasteiger charge is 2.48. The van der Waals surface area contributed by atoms with Crippen LogP contribution in [0.2, 0.25) is 0 Å². The van der Waals surface area contributed by atoms with Gasteiger partial charge in [-0.3, -0.25) is 4.79 Å². The van der Waals surface area contributed by atoms with Crippen molar-refractivity contribution in [3.63, 3.8) is 0 Å². The third-order valence-corrected chi connectivity index (χ3v) is 6.81. The molecular formula is C27H26N4O. The summed E-state index contributed by atoms with van der Waals surface area (Å²) < 4.78 is 0. The number of nitrogens with one attached hydrogen (secondary N) is 1. The quantitative estimate of drug-likeness (QED) is 0.364. The van der Waals surface area contributed by atoms with Gasteiger partial charge in [-0.25, -0.2) is 4.98 Å². The van der Waals surface area contributed by atoms with Gasteiger partial charge in [0.15, 0.2) is 0 Å². The van der Waals surface area contributed by atoms with E-state index in [1.165, 1.54) is 6.20 Å². The van der Waals surface area contributed by atoms with Gasteiger partial charge in [0.05, 0.1) is 23.0 Å². The Morgan fingerprint density at radius 2 is 1.31 bits per heavy atom. The smallest absolute Gasteiger partial charge is 0.266 e. The topological polar surface area (TPSA) is 97.8 Å². The summed E-state index contributed by atoms with van der Waals surface area (Å²) in [6.07, 6.45) is 1.35. The summed E-state index contributed by atoms with van der Waals surface area (Å²) in [7, 11) is 0. The lowest BCUT2D eigenvalue weighted by Gasteiger charge is -2.34. The van der Waals surface area contributed by atoms with Crippen LogP contribution in [0.1, 0.15) is 44.6 Å². The number of aromatic amines is 1. The Bertz CT molecular complexity index is 1360. The lowest BCUT2D eigenvalue weighted by atomic mass is 9.68. The minimum atomic E-state index is -0.744.